The molecule has 1 aromatic heterocycles. The molecular formula is C10H13F2N3O. The Labute approximate surface area is 91.2 Å². The molecule has 2 rings (SSSR count). The molecule has 0 radical (unpaired) electrons. The number of pyridine rings is 1. The van der Waals surface area contributed by atoms with Crippen molar-refractivity contribution in [1.82, 2.24) is 4.68 Å². The largest absolute Gasteiger partial charge is 0.397 e. The van der Waals surface area contributed by atoms with Crippen molar-refractivity contribution in [1.29, 1.82) is 0 Å². The van der Waals surface area contributed by atoms with Crippen LogP contribution in [-0.2, 0) is 0 Å². The third kappa shape index (κ3) is 2.15. The van der Waals surface area contributed by atoms with Crippen LogP contribution in [0.5, 0.6) is 0 Å². The Morgan fingerprint density at radius 3 is 2.50 bits per heavy atom. The average molecular weight is 229 g/mol. The van der Waals surface area contributed by atoms with Gasteiger partial charge in [0.25, 0.3) is 11.5 Å². The zero-order chi connectivity index (χ0) is 11.8. The third-order valence-corrected chi connectivity index (χ3v) is 2.69. The van der Waals surface area contributed by atoms with Gasteiger partial charge in [-0.25, -0.2) is 13.5 Å². The van der Waals surface area contributed by atoms with E-state index in [0.29, 0.717) is 5.69 Å². The summed E-state index contributed by atoms with van der Waals surface area (Å²) in [5.74, 6) is -2.61. The van der Waals surface area contributed by atoms with Gasteiger partial charge in [-0.15, -0.1) is 0 Å². The van der Waals surface area contributed by atoms with Gasteiger partial charge in [0.1, 0.15) is 0 Å². The van der Waals surface area contributed by atoms with Crippen molar-refractivity contribution < 1.29 is 8.78 Å². The standard InChI is InChI=1S/C10H13F2N3O/c11-10(12)3-5-14(6-4-10)15-7-8(13)1-2-9(15)16/h1-2,7H,3-6,13H2. The van der Waals surface area contributed by atoms with E-state index in [1.165, 1.54) is 23.0 Å². The van der Waals surface area contributed by atoms with Gasteiger partial charge in [-0.1, -0.05) is 0 Å². The maximum atomic E-state index is 12.9. The summed E-state index contributed by atoms with van der Waals surface area (Å²) in [4.78, 5) is 11.5. The second-order valence-electron chi connectivity index (χ2n) is 3.95. The average Bonchev–Trinajstić information content (AvgIpc) is 2.22. The molecule has 0 spiro atoms. The molecule has 16 heavy (non-hydrogen) atoms. The van der Waals surface area contributed by atoms with Gasteiger partial charge in [-0.05, 0) is 6.07 Å². The fraction of sp³-hybridized carbons (Fsp3) is 0.500. The predicted molar refractivity (Wildman–Crippen MR) is 57.2 cm³/mol. The normalized spacial score (nSPS) is 19.8. The molecule has 2 heterocycles. The lowest BCUT2D eigenvalue weighted by molar-refractivity contribution is -0.0260. The minimum absolute atomic E-state index is 0.163. The first-order chi connectivity index (χ1) is 7.48. The Balaban J connectivity index is 2.20. The van der Waals surface area contributed by atoms with Crippen molar-refractivity contribution >= 4 is 5.69 Å². The lowest BCUT2D eigenvalue weighted by atomic mass is 10.1. The number of piperidine rings is 1. The minimum Gasteiger partial charge on any atom is -0.397 e. The molecule has 1 aliphatic heterocycles. The molecule has 0 unspecified atom stereocenters. The molecule has 0 saturated carbocycles. The van der Waals surface area contributed by atoms with E-state index in [1.54, 1.807) is 5.01 Å². The van der Waals surface area contributed by atoms with E-state index in [4.69, 9.17) is 5.73 Å². The number of anilines is 1. The molecule has 6 heteroatoms. The van der Waals surface area contributed by atoms with Crippen LogP contribution in [0.15, 0.2) is 23.1 Å². The smallest absolute Gasteiger partial charge is 0.269 e. The van der Waals surface area contributed by atoms with Crippen LogP contribution in [-0.4, -0.2) is 23.7 Å². The van der Waals surface area contributed by atoms with Crippen molar-refractivity contribution in [2.75, 3.05) is 23.8 Å². The zero-order valence-electron chi connectivity index (χ0n) is 8.70. The van der Waals surface area contributed by atoms with Crippen LogP contribution >= 0.6 is 0 Å². The molecule has 1 fully saturated rings. The molecule has 1 aliphatic rings. The van der Waals surface area contributed by atoms with Crippen LogP contribution in [0.25, 0.3) is 0 Å². The van der Waals surface area contributed by atoms with E-state index in [-0.39, 0.29) is 31.5 Å². The quantitative estimate of drug-likeness (QED) is 0.774. The number of nitrogens with zero attached hydrogens (tertiary/aromatic N) is 2. The van der Waals surface area contributed by atoms with Crippen LogP contribution in [0.2, 0.25) is 0 Å². The molecule has 1 aromatic rings. The van der Waals surface area contributed by atoms with Crippen molar-refractivity contribution in [2.45, 2.75) is 18.8 Å². The fourth-order valence-corrected chi connectivity index (χ4v) is 1.75. The summed E-state index contributed by atoms with van der Waals surface area (Å²) >= 11 is 0. The zero-order valence-corrected chi connectivity index (χ0v) is 8.70. The van der Waals surface area contributed by atoms with Crippen LogP contribution in [0.4, 0.5) is 14.5 Å². The lowest BCUT2D eigenvalue weighted by Crippen LogP contribution is -2.49. The van der Waals surface area contributed by atoms with E-state index in [2.05, 4.69) is 0 Å². The summed E-state index contributed by atoms with van der Waals surface area (Å²) in [6.45, 7) is 0.326. The summed E-state index contributed by atoms with van der Waals surface area (Å²) < 4.78 is 27.2. The van der Waals surface area contributed by atoms with Gasteiger partial charge >= 0.3 is 0 Å². The van der Waals surface area contributed by atoms with Crippen LogP contribution < -0.4 is 16.3 Å². The summed E-state index contributed by atoms with van der Waals surface area (Å²) in [7, 11) is 0. The summed E-state index contributed by atoms with van der Waals surface area (Å²) in [6.07, 6.45) is 1.01. The van der Waals surface area contributed by atoms with Crippen LogP contribution in [0.1, 0.15) is 12.8 Å². The molecule has 2 N–H and O–H groups in total. The highest BCUT2D eigenvalue weighted by Crippen LogP contribution is 2.26. The number of alkyl halides is 2. The SMILES string of the molecule is Nc1ccc(=O)n(N2CCC(F)(F)CC2)c1. The van der Waals surface area contributed by atoms with Gasteiger partial charge < -0.3 is 10.7 Å². The molecule has 0 atom stereocenters. The van der Waals surface area contributed by atoms with Crippen molar-refractivity contribution in [3.63, 3.8) is 0 Å². The third-order valence-electron chi connectivity index (χ3n) is 2.69. The lowest BCUT2D eigenvalue weighted by Gasteiger charge is -2.34. The van der Waals surface area contributed by atoms with E-state index < -0.39 is 5.92 Å². The molecule has 0 aromatic carbocycles. The summed E-state index contributed by atoms with van der Waals surface area (Å²) in [5, 5.41) is 1.59. The summed E-state index contributed by atoms with van der Waals surface area (Å²) in [6, 6.07) is 2.83. The number of halogens is 2. The number of hydrogen-bond acceptors (Lipinski definition) is 3. The minimum atomic E-state index is -2.61. The first kappa shape index (κ1) is 10.9. The molecule has 88 valence electrons. The number of nitrogen functional groups attached to an aromatic ring is 1. The van der Waals surface area contributed by atoms with Crippen molar-refractivity contribution in [2.24, 2.45) is 0 Å². The Hall–Kier alpha value is -1.59. The van der Waals surface area contributed by atoms with E-state index >= 15 is 0 Å². The molecule has 1 saturated heterocycles. The van der Waals surface area contributed by atoms with Gasteiger partial charge in [0.15, 0.2) is 0 Å². The van der Waals surface area contributed by atoms with E-state index in [0.717, 1.165) is 0 Å². The number of rotatable bonds is 1. The molecule has 0 aliphatic carbocycles. The maximum absolute atomic E-state index is 12.9. The molecule has 0 bridgehead atoms. The van der Waals surface area contributed by atoms with Crippen LogP contribution in [0, 0.1) is 0 Å². The van der Waals surface area contributed by atoms with Crippen molar-refractivity contribution in [3.8, 4) is 0 Å². The Morgan fingerprint density at radius 1 is 1.25 bits per heavy atom. The van der Waals surface area contributed by atoms with E-state index in [9.17, 15) is 13.6 Å². The molecular weight excluding hydrogens is 216 g/mol. The van der Waals surface area contributed by atoms with Crippen LogP contribution in [0.3, 0.4) is 0 Å². The van der Waals surface area contributed by atoms with Gasteiger partial charge in [0.05, 0.1) is 11.9 Å². The monoisotopic (exact) mass is 229 g/mol. The summed E-state index contributed by atoms with van der Waals surface area (Å²) in [5.41, 5.74) is 5.74. The van der Waals surface area contributed by atoms with Gasteiger partial charge in [0.2, 0.25) is 0 Å². The first-order valence-corrected chi connectivity index (χ1v) is 5.09. The number of aromatic nitrogens is 1. The highest BCUT2D eigenvalue weighted by Gasteiger charge is 2.34. The van der Waals surface area contributed by atoms with Gasteiger partial charge in [0, 0.05) is 32.0 Å². The highest BCUT2D eigenvalue weighted by molar-refractivity contribution is 5.34. The topological polar surface area (TPSA) is 51.3 Å². The predicted octanol–water partition coefficient (Wildman–Crippen LogP) is 0.798. The van der Waals surface area contributed by atoms with E-state index in [1.807, 2.05) is 0 Å². The number of nitrogens with two attached hydrogens (primary N) is 1. The Bertz CT molecular complexity index is 434. The Kier molecular flexibility index (Phi) is 2.57. The fourth-order valence-electron chi connectivity index (χ4n) is 1.75. The van der Waals surface area contributed by atoms with Gasteiger partial charge in [-0.2, -0.15) is 0 Å². The second-order valence-corrected chi connectivity index (χ2v) is 3.95. The first-order valence-electron chi connectivity index (χ1n) is 5.09. The molecule has 0 amide bonds. The highest BCUT2D eigenvalue weighted by atomic mass is 19.3. The maximum Gasteiger partial charge on any atom is 0.269 e. The van der Waals surface area contributed by atoms with Crippen molar-refractivity contribution in [3.05, 3.63) is 28.7 Å². The second kappa shape index (κ2) is 3.77. The Morgan fingerprint density at radius 2 is 1.88 bits per heavy atom. The molecule has 4 nitrogen and oxygen atoms in total. The van der Waals surface area contributed by atoms with Gasteiger partial charge in [-0.3, -0.25) is 4.79 Å². The number of hydrogen-bond donors (Lipinski definition) is 1.